The molecule has 0 N–H and O–H groups in total. The number of rotatable bonds is 10. The summed E-state index contributed by atoms with van der Waals surface area (Å²) in [7, 11) is -1.89. The summed E-state index contributed by atoms with van der Waals surface area (Å²) in [6.07, 6.45) is 1.69. The molecule has 150 valence electrons. The first-order chi connectivity index (χ1) is 12.8. The van der Waals surface area contributed by atoms with Gasteiger partial charge < -0.3 is 4.43 Å². The Labute approximate surface area is 175 Å². The van der Waals surface area contributed by atoms with Crippen molar-refractivity contribution in [3.8, 4) is 0 Å². The molecule has 0 spiro atoms. The van der Waals surface area contributed by atoms with E-state index in [1.54, 1.807) is 0 Å². The molecule has 1 unspecified atom stereocenters. The number of hydrogen-bond acceptors (Lipinski definition) is 3. The van der Waals surface area contributed by atoms with Crippen LogP contribution in [0.3, 0.4) is 0 Å². The normalized spacial score (nSPS) is 13.1. The molecule has 0 radical (unpaired) electrons. The average Bonchev–Trinajstić information content (AvgIpc) is 2.96. The van der Waals surface area contributed by atoms with Crippen molar-refractivity contribution in [1.82, 2.24) is 4.37 Å². The minimum atomic E-state index is -1.89. The summed E-state index contributed by atoms with van der Waals surface area (Å²) in [5, 5.41) is 0.387. The van der Waals surface area contributed by atoms with Crippen molar-refractivity contribution < 1.29 is 13.2 Å². The van der Waals surface area contributed by atoms with E-state index in [0.29, 0.717) is 34.3 Å². The number of hydrogen-bond donors (Lipinski definition) is 0. The van der Waals surface area contributed by atoms with Crippen molar-refractivity contribution in [3.05, 3.63) is 50.4 Å². The van der Waals surface area contributed by atoms with Crippen molar-refractivity contribution in [2.24, 2.45) is 0 Å². The lowest BCUT2D eigenvalue weighted by molar-refractivity contribution is 0.177. The summed E-state index contributed by atoms with van der Waals surface area (Å²) >= 11 is 13.8. The highest BCUT2D eigenvalue weighted by atomic mass is 35.5. The Balaban J connectivity index is 2.17. The monoisotopic (exact) mass is 451 g/mol. The number of benzene rings is 1. The maximum absolute atomic E-state index is 13.4. The van der Waals surface area contributed by atoms with Crippen LogP contribution in [0.2, 0.25) is 27.6 Å². The Kier molecular flexibility index (Phi) is 8.68. The van der Waals surface area contributed by atoms with Crippen molar-refractivity contribution in [2.45, 2.75) is 64.3 Å². The highest BCUT2D eigenvalue weighted by Gasteiger charge is 2.34. The van der Waals surface area contributed by atoms with Crippen molar-refractivity contribution >= 4 is 43.1 Å². The van der Waals surface area contributed by atoms with Gasteiger partial charge in [-0.15, -0.1) is 0 Å². The lowest BCUT2D eigenvalue weighted by Gasteiger charge is -2.33. The van der Waals surface area contributed by atoms with Gasteiger partial charge in [-0.3, -0.25) is 0 Å². The lowest BCUT2D eigenvalue weighted by atomic mass is 10.0. The largest absolute Gasteiger partial charge is 0.410 e. The van der Waals surface area contributed by atoms with E-state index in [9.17, 15) is 8.78 Å². The summed E-state index contributed by atoms with van der Waals surface area (Å²) in [6, 6.07) is 6.66. The molecule has 1 aromatic heterocycles. The van der Waals surface area contributed by atoms with Gasteiger partial charge in [0, 0.05) is 11.6 Å². The van der Waals surface area contributed by atoms with E-state index >= 15 is 0 Å². The Morgan fingerprint density at radius 1 is 1.07 bits per heavy atom. The van der Waals surface area contributed by atoms with Crippen LogP contribution in [0.5, 0.6) is 0 Å². The van der Waals surface area contributed by atoms with Crippen LogP contribution < -0.4 is 0 Å². The van der Waals surface area contributed by atoms with E-state index in [1.807, 2.05) is 0 Å². The van der Waals surface area contributed by atoms with E-state index < -0.39 is 20.0 Å². The molecule has 1 aromatic carbocycles. The van der Waals surface area contributed by atoms with Gasteiger partial charge in [0.25, 0.3) is 0 Å². The van der Waals surface area contributed by atoms with Crippen LogP contribution in [-0.2, 0) is 10.8 Å². The van der Waals surface area contributed by atoms with Gasteiger partial charge in [-0.1, -0.05) is 44.0 Å². The maximum atomic E-state index is 13.4. The number of nitrogens with zero attached hydrogens (tertiary/aromatic N) is 1. The summed E-state index contributed by atoms with van der Waals surface area (Å²) in [4.78, 5) is 0. The van der Waals surface area contributed by atoms with Gasteiger partial charge in [0.05, 0.1) is 6.10 Å². The Bertz CT molecular complexity index is 707. The van der Waals surface area contributed by atoms with E-state index in [4.69, 9.17) is 27.6 Å². The lowest BCUT2D eigenvalue weighted by Crippen LogP contribution is -2.37. The minimum absolute atomic E-state index is 0.242. The molecule has 1 atom stereocenters. The fourth-order valence-corrected chi connectivity index (χ4v) is 7.49. The van der Waals surface area contributed by atoms with Crippen LogP contribution in [0.1, 0.15) is 50.8 Å². The molecule has 0 aliphatic heterocycles. The first-order valence-corrected chi connectivity index (χ1v) is 13.3. The van der Waals surface area contributed by atoms with Gasteiger partial charge >= 0.3 is 0 Å². The zero-order valence-corrected chi connectivity index (χ0v) is 19.2. The highest BCUT2D eigenvalue weighted by Crippen LogP contribution is 2.41. The average molecular weight is 452 g/mol. The summed E-state index contributed by atoms with van der Waals surface area (Å²) in [6.45, 7) is 6.50. The summed E-state index contributed by atoms with van der Waals surface area (Å²) < 4.78 is 38.2. The molecule has 27 heavy (non-hydrogen) atoms. The van der Waals surface area contributed by atoms with Crippen LogP contribution >= 0.6 is 34.7 Å². The Morgan fingerprint density at radius 2 is 1.67 bits per heavy atom. The smallest absolute Gasteiger partial charge is 0.192 e. The predicted molar refractivity (Wildman–Crippen MR) is 112 cm³/mol. The molecule has 2 rings (SSSR count). The van der Waals surface area contributed by atoms with Gasteiger partial charge in [-0.2, -0.15) is 4.37 Å². The fourth-order valence-electron chi connectivity index (χ4n) is 3.33. The zero-order chi connectivity index (χ0) is 20.0. The van der Waals surface area contributed by atoms with Gasteiger partial charge in [0.15, 0.2) is 8.32 Å². The molecule has 0 saturated carbocycles. The molecule has 0 aliphatic rings. The fraction of sp³-hybridized carbons (Fsp3) is 0.526. The van der Waals surface area contributed by atoms with Gasteiger partial charge in [0.1, 0.15) is 21.1 Å². The second-order valence-corrected chi connectivity index (χ2v) is 13.1. The molecule has 1 heterocycles. The van der Waals surface area contributed by atoms with E-state index in [2.05, 4.69) is 25.1 Å². The van der Waals surface area contributed by atoms with E-state index in [0.717, 1.165) is 41.3 Å². The molecule has 2 nitrogen and oxygen atoms in total. The Hall–Kier alpha value is -0.533. The molecule has 0 bridgehead atoms. The maximum Gasteiger partial charge on any atom is 0.192 e. The molecule has 0 saturated heterocycles. The number of halogens is 4. The molecule has 0 aliphatic carbocycles. The topological polar surface area (TPSA) is 22.1 Å². The number of aryl methyl sites for hydroxylation is 1. The molecule has 8 heteroatoms. The van der Waals surface area contributed by atoms with Gasteiger partial charge in [0.2, 0.25) is 0 Å². The molecule has 2 aromatic rings. The third-order valence-electron chi connectivity index (χ3n) is 5.14. The van der Waals surface area contributed by atoms with E-state index in [1.165, 1.54) is 12.1 Å². The quantitative estimate of drug-likeness (QED) is 0.343. The first-order valence-electron chi connectivity index (χ1n) is 9.27. The zero-order valence-electron chi connectivity index (χ0n) is 15.8. The molecule has 0 amide bonds. The first kappa shape index (κ1) is 22.8. The molecular formula is C19H25Cl2F2NOSSi. The van der Waals surface area contributed by atoms with Crippen LogP contribution in [0.25, 0.3) is 0 Å². The van der Waals surface area contributed by atoms with Crippen molar-refractivity contribution in [2.75, 3.05) is 0 Å². The molecule has 0 fully saturated rings. The second-order valence-electron chi connectivity index (χ2n) is 6.68. The van der Waals surface area contributed by atoms with Crippen molar-refractivity contribution in [1.29, 1.82) is 0 Å². The second kappa shape index (κ2) is 10.3. The summed E-state index contributed by atoms with van der Waals surface area (Å²) in [5.41, 5.74) is 1.39. The van der Waals surface area contributed by atoms with E-state index in [-0.39, 0.29) is 6.10 Å². The third kappa shape index (κ3) is 5.97. The summed E-state index contributed by atoms with van der Waals surface area (Å²) in [5.74, 6) is -1.11. The van der Waals surface area contributed by atoms with Crippen LogP contribution in [0.15, 0.2) is 18.2 Å². The molecular weight excluding hydrogens is 427 g/mol. The Morgan fingerprint density at radius 3 is 2.15 bits per heavy atom. The standard InChI is InChI=1S/C19H25Cl2F2NOSSi/c1-4-27(5-2,6-3)25-16(17-18(20)24-26-19(17)21)9-7-8-13-10-14(22)12-15(23)11-13/h10-12,16H,4-9H2,1-3H3. The predicted octanol–water partition coefficient (Wildman–Crippen LogP) is 7.81. The van der Waals surface area contributed by atoms with Gasteiger partial charge in [-0.25, -0.2) is 8.78 Å². The number of aromatic nitrogens is 1. The third-order valence-corrected chi connectivity index (χ3v) is 11.2. The van der Waals surface area contributed by atoms with Crippen molar-refractivity contribution in [3.63, 3.8) is 0 Å². The van der Waals surface area contributed by atoms with Gasteiger partial charge in [-0.05, 0) is 66.6 Å². The minimum Gasteiger partial charge on any atom is -0.410 e. The van der Waals surface area contributed by atoms with Crippen LogP contribution in [0, 0.1) is 11.6 Å². The van der Waals surface area contributed by atoms with Crippen LogP contribution in [0.4, 0.5) is 8.78 Å². The SMILES string of the molecule is CC[Si](CC)(CC)OC(CCCc1cc(F)cc(F)c1)c1c(Cl)nsc1Cl. The van der Waals surface area contributed by atoms with Crippen LogP contribution in [-0.4, -0.2) is 12.7 Å². The highest BCUT2D eigenvalue weighted by molar-refractivity contribution is 7.11.